The molecule has 28 heavy (non-hydrogen) atoms. The second kappa shape index (κ2) is 8.73. The van der Waals surface area contributed by atoms with Gasteiger partial charge in [0.25, 0.3) is 0 Å². The van der Waals surface area contributed by atoms with Gasteiger partial charge in [-0.1, -0.05) is 0 Å². The molecule has 7 nitrogen and oxygen atoms in total. The number of aromatic nitrogens is 1. The predicted molar refractivity (Wildman–Crippen MR) is 104 cm³/mol. The minimum absolute atomic E-state index is 0.0991. The van der Waals surface area contributed by atoms with Crippen molar-refractivity contribution in [3.05, 3.63) is 46.3 Å². The Hall–Kier alpha value is -3.09. The third kappa shape index (κ3) is 4.24. The Morgan fingerprint density at radius 1 is 1.14 bits per heavy atom. The molecule has 0 radical (unpaired) electrons. The number of rotatable bonds is 8. The zero-order valence-corrected chi connectivity index (χ0v) is 17.0. The normalized spacial score (nSPS) is 11.6. The van der Waals surface area contributed by atoms with Crippen molar-refractivity contribution in [1.82, 2.24) is 4.98 Å². The number of nitrogens with one attached hydrogen (secondary N) is 1. The molecule has 1 N–H and O–H groups in total. The zero-order chi connectivity index (χ0) is 21.0. The molecule has 0 amide bonds. The Kier molecular flexibility index (Phi) is 6.62. The van der Waals surface area contributed by atoms with E-state index < -0.39 is 12.1 Å². The van der Waals surface area contributed by atoms with Crippen LogP contribution in [0.5, 0.6) is 11.5 Å². The van der Waals surface area contributed by atoms with Crippen LogP contribution < -0.4 is 9.47 Å². The Bertz CT molecular complexity index is 912. The molecule has 0 spiro atoms. The SMILES string of the molecule is CCOC(=O)c1c(C)[nH]c(C(=O)[C@@H](C)Oc2ccc(C(C)=O)cc2OC)c1C. The Morgan fingerprint density at radius 2 is 1.82 bits per heavy atom. The van der Waals surface area contributed by atoms with Crippen molar-refractivity contribution >= 4 is 17.5 Å². The van der Waals surface area contributed by atoms with E-state index >= 15 is 0 Å². The van der Waals surface area contributed by atoms with Gasteiger partial charge >= 0.3 is 5.97 Å². The molecule has 0 fully saturated rings. The molecule has 1 heterocycles. The Labute approximate surface area is 164 Å². The van der Waals surface area contributed by atoms with Crippen LogP contribution in [0.15, 0.2) is 18.2 Å². The van der Waals surface area contributed by atoms with Crippen LogP contribution in [0.4, 0.5) is 0 Å². The van der Waals surface area contributed by atoms with Gasteiger partial charge in [-0.25, -0.2) is 4.79 Å². The number of benzene rings is 1. The number of esters is 1. The largest absolute Gasteiger partial charge is 0.493 e. The fourth-order valence-corrected chi connectivity index (χ4v) is 2.94. The summed E-state index contributed by atoms with van der Waals surface area (Å²) >= 11 is 0. The number of methoxy groups -OCH3 is 1. The van der Waals surface area contributed by atoms with Crippen LogP contribution in [0, 0.1) is 13.8 Å². The summed E-state index contributed by atoms with van der Waals surface area (Å²) in [6, 6.07) is 4.77. The van der Waals surface area contributed by atoms with Gasteiger partial charge in [-0.05, 0) is 58.4 Å². The number of carbonyl (C=O) groups excluding carboxylic acids is 3. The number of ether oxygens (including phenoxy) is 3. The molecule has 2 rings (SSSR count). The molecule has 1 aromatic heterocycles. The molecule has 0 unspecified atom stereocenters. The molecule has 0 aliphatic rings. The maximum absolute atomic E-state index is 12.9. The maximum Gasteiger partial charge on any atom is 0.340 e. The second-order valence-corrected chi connectivity index (χ2v) is 6.39. The first-order chi connectivity index (χ1) is 13.2. The third-order valence-corrected chi connectivity index (χ3v) is 4.41. The molecule has 1 aromatic carbocycles. The van der Waals surface area contributed by atoms with Crippen molar-refractivity contribution in [2.45, 2.75) is 40.7 Å². The molecule has 2 aromatic rings. The Morgan fingerprint density at radius 3 is 2.39 bits per heavy atom. The van der Waals surface area contributed by atoms with Gasteiger partial charge in [0.2, 0.25) is 5.78 Å². The number of hydrogen-bond donors (Lipinski definition) is 1. The van der Waals surface area contributed by atoms with Crippen LogP contribution in [-0.2, 0) is 4.74 Å². The van der Waals surface area contributed by atoms with Gasteiger partial charge in [0.1, 0.15) is 0 Å². The lowest BCUT2D eigenvalue weighted by Gasteiger charge is -2.16. The minimum Gasteiger partial charge on any atom is -0.493 e. The Balaban J connectivity index is 2.28. The van der Waals surface area contributed by atoms with E-state index in [1.165, 1.54) is 14.0 Å². The fraction of sp³-hybridized carbons (Fsp3) is 0.381. The van der Waals surface area contributed by atoms with E-state index in [4.69, 9.17) is 14.2 Å². The van der Waals surface area contributed by atoms with E-state index in [0.29, 0.717) is 39.6 Å². The van der Waals surface area contributed by atoms with Crippen LogP contribution >= 0.6 is 0 Å². The summed E-state index contributed by atoms with van der Waals surface area (Å²) in [5, 5.41) is 0. The van der Waals surface area contributed by atoms with Crippen molar-refractivity contribution in [2.24, 2.45) is 0 Å². The molecule has 0 bridgehead atoms. The topological polar surface area (TPSA) is 94.7 Å². The summed E-state index contributed by atoms with van der Waals surface area (Å²) in [6.07, 6.45) is -0.844. The lowest BCUT2D eigenvalue weighted by Crippen LogP contribution is -2.25. The van der Waals surface area contributed by atoms with Crippen LogP contribution in [0.25, 0.3) is 0 Å². The lowest BCUT2D eigenvalue weighted by atomic mass is 10.1. The van der Waals surface area contributed by atoms with E-state index in [9.17, 15) is 14.4 Å². The third-order valence-electron chi connectivity index (χ3n) is 4.41. The molecule has 0 saturated heterocycles. The number of H-pyrrole nitrogens is 1. The average molecular weight is 387 g/mol. The molecule has 0 aliphatic carbocycles. The van der Waals surface area contributed by atoms with Crippen molar-refractivity contribution in [2.75, 3.05) is 13.7 Å². The molecule has 0 aliphatic heterocycles. The molecule has 0 saturated carbocycles. The number of Topliss-reactive ketones (excluding diaryl/α,β-unsaturated/α-hetero) is 2. The standard InChI is InChI=1S/C21H25NO6/c1-7-27-21(25)18-11(2)19(22-12(18)3)20(24)14(5)28-16-9-8-15(13(4)23)10-17(16)26-6/h8-10,14,22H,7H2,1-6H3/t14-/m1/s1. The van der Waals surface area contributed by atoms with Gasteiger partial charge < -0.3 is 19.2 Å². The minimum atomic E-state index is -0.844. The first-order valence-electron chi connectivity index (χ1n) is 8.97. The van der Waals surface area contributed by atoms with E-state index in [2.05, 4.69) is 4.98 Å². The summed E-state index contributed by atoms with van der Waals surface area (Å²) < 4.78 is 16.1. The molecule has 7 heteroatoms. The number of hydrogen-bond acceptors (Lipinski definition) is 6. The van der Waals surface area contributed by atoms with Crippen LogP contribution in [-0.4, -0.2) is 42.3 Å². The highest BCUT2D eigenvalue weighted by atomic mass is 16.5. The van der Waals surface area contributed by atoms with Gasteiger partial charge in [-0.2, -0.15) is 0 Å². The highest BCUT2D eigenvalue weighted by molar-refractivity contribution is 6.03. The smallest absolute Gasteiger partial charge is 0.340 e. The van der Waals surface area contributed by atoms with Crippen molar-refractivity contribution < 1.29 is 28.6 Å². The van der Waals surface area contributed by atoms with Gasteiger partial charge in [-0.3, -0.25) is 9.59 Å². The van der Waals surface area contributed by atoms with Crippen molar-refractivity contribution in [3.8, 4) is 11.5 Å². The van der Waals surface area contributed by atoms with E-state index in [0.717, 1.165) is 0 Å². The van der Waals surface area contributed by atoms with E-state index in [-0.39, 0.29) is 18.2 Å². The number of carbonyl (C=O) groups is 3. The molecular formula is C21H25NO6. The van der Waals surface area contributed by atoms with Crippen molar-refractivity contribution in [1.29, 1.82) is 0 Å². The molecule has 1 atom stereocenters. The first kappa shape index (κ1) is 21.2. The van der Waals surface area contributed by atoms with Gasteiger partial charge in [0, 0.05) is 11.3 Å². The van der Waals surface area contributed by atoms with Gasteiger partial charge in [-0.15, -0.1) is 0 Å². The predicted octanol–water partition coefficient (Wildman–Crippen LogP) is 3.67. The van der Waals surface area contributed by atoms with Crippen molar-refractivity contribution in [3.63, 3.8) is 0 Å². The van der Waals surface area contributed by atoms with Crippen LogP contribution in [0.2, 0.25) is 0 Å². The van der Waals surface area contributed by atoms with E-state index in [1.807, 2.05) is 0 Å². The van der Waals surface area contributed by atoms with Crippen LogP contribution in [0.3, 0.4) is 0 Å². The number of ketones is 2. The summed E-state index contributed by atoms with van der Waals surface area (Å²) in [7, 11) is 1.46. The average Bonchev–Trinajstić information content (AvgIpc) is 2.95. The summed E-state index contributed by atoms with van der Waals surface area (Å²) in [4.78, 5) is 39.5. The highest BCUT2D eigenvalue weighted by Gasteiger charge is 2.27. The zero-order valence-electron chi connectivity index (χ0n) is 17.0. The number of aryl methyl sites for hydroxylation is 1. The molecular weight excluding hydrogens is 362 g/mol. The fourth-order valence-electron chi connectivity index (χ4n) is 2.94. The quantitative estimate of drug-likeness (QED) is 0.549. The summed E-state index contributed by atoms with van der Waals surface area (Å²) in [6.45, 7) is 8.45. The van der Waals surface area contributed by atoms with Crippen LogP contribution in [0.1, 0.15) is 63.2 Å². The number of aromatic amines is 1. The molecule has 150 valence electrons. The highest BCUT2D eigenvalue weighted by Crippen LogP contribution is 2.30. The monoisotopic (exact) mass is 387 g/mol. The second-order valence-electron chi connectivity index (χ2n) is 6.39. The van der Waals surface area contributed by atoms with E-state index in [1.54, 1.807) is 45.9 Å². The summed E-state index contributed by atoms with van der Waals surface area (Å²) in [5.41, 5.74) is 2.23. The lowest BCUT2D eigenvalue weighted by molar-refractivity contribution is 0.0524. The maximum atomic E-state index is 12.9. The van der Waals surface area contributed by atoms with Gasteiger partial charge in [0.15, 0.2) is 23.4 Å². The van der Waals surface area contributed by atoms with Gasteiger partial charge in [0.05, 0.1) is 25.0 Å². The summed E-state index contributed by atoms with van der Waals surface area (Å²) in [5.74, 6) is -0.173. The first-order valence-corrected chi connectivity index (χ1v) is 8.97.